The number of aliphatic carboxylic acids is 1. The fraction of sp³-hybridized carbons (Fsp3) is 0.571. The summed E-state index contributed by atoms with van der Waals surface area (Å²) in [6.07, 6.45) is -0.504. The predicted octanol–water partition coefficient (Wildman–Crippen LogP) is -0.0139. The fourth-order valence-electron chi connectivity index (χ4n) is 1.26. The van der Waals surface area contributed by atoms with E-state index in [1.54, 1.807) is 6.92 Å². The van der Waals surface area contributed by atoms with E-state index in [4.69, 9.17) is 15.8 Å². The molecule has 0 saturated carbocycles. The van der Waals surface area contributed by atoms with Gasteiger partial charge in [-0.05, 0) is 13.8 Å². The van der Waals surface area contributed by atoms with Gasteiger partial charge in [0.05, 0.1) is 5.92 Å². The Balaban J connectivity index is 2.95. The molecule has 2 unspecified atom stereocenters. The molecule has 0 aromatic carbocycles. The number of hydrogen-bond acceptors (Lipinski definition) is 5. The van der Waals surface area contributed by atoms with Gasteiger partial charge in [0, 0.05) is 5.57 Å². The van der Waals surface area contributed by atoms with Crippen LogP contribution in [0.3, 0.4) is 0 Å². The highest BCUT2D eigenvalue weighted by Crippen LogP contribution is 2.27. The molecular weight excluding hydrogens is 176 g/mol. The number of carboxylic acids is 1. The Morgan fingerprint density at radius 1 is 1.77 bits per heavy atom. The summed E-state index contributed by atoms with van der Waals surface area (Å²) in [4.78, 5) is 15.5. The van der Waals surface area contributed by atoms with Gasteiger partial charge in [0.2, 0.25) is 5.88 Å². The van der Waals surface area contributed by atoms with Gasteiger partial charge >= 0.3 is 5.97 Å². The van der Waals surface area contributed by atoms with E-state index in [-0.39, 0.29) is 11.5 Å². The summed E-state index contributed by atoms with van der Waals surface area (Å²) >= 11 is 0. The first-order valence-electron chi connectivity index (χ1n) is 3.82. The van der Waals surface area contributed by atoms with Crippen molar-refractivity contribution < 1.29 is 19.8 Å². The van der Waals surface area contributed by atoms with Gasteiger partial charge in [0.1, 0.15) is 6.10 Å². The van der Waals surface area contributed by atoms with Crippen LogP contribution in [0.15, 0.2) is 11.5 Å². The van der Waals surface area contributed by atoms with E-state index in [2.05, 4.69) is 0 Å². The number of aliphatic hydroxyl groups is 1. The van der Waals surface area contributed by atoms with Crippen LogP contribution in [-0.2, 0) is 9.63 Å². The van der Waals surface area contributed by atoms with Crippen molar-refractivity contribution in [2.75, 3.05) is 0 Å². The smallest absolute Gasteiger partial charge is 0.310 e. The molecule has 6 heteroatoms. The molecule has 2 atom stereocenters. The van der Waals surface area contributed by atoms with Crippen LogP contribution >= 0.6 is 0 Å². The maximum atomic E-state index is 10.6. The zero-order valence-electron chi connectivity index (χ0n) is 7.39. The first-order valence-corrected chi connectivity index (χ1v) is 3.82. The molecule has 1 aliphatic rings. The molecule has 0 aromatic rings. The van der Waals surface area contributed by atoms with E-state index in [1.165, 1.54) is 6.92 Å². The third-order valence-electron chi connectivity index (χ3n) is 2.01. The molecule has 0 aliphatic carbocycles. The summed E-state index contributed by atoms with van der Waals surface area (Å²) in [5, 5.41) is 18.7. The molecule has 6 nitrogen and oxygen atoms in total. The molecule has 0 aromatic heterocycles. The van der Waals surface area contributed by atoms with Crippen molar-refractivity contribution in [3.05, 3.63) is 11.5 Å². The highest BCUT2D eigenvalue weighted by molar-refractivity contribution is 5.73. The van der Waals surface area contributed by atoms with Gasteiger partial charge in [-0.25, -0.2) is 10.7 Å². The third-order valence-corrected chi connectivity index (χ3v) is 2.01. The van der Waals surface area contributed by atoms with E-state index in [0.29, 0.717) is 5.17 Å². The van der Waals surface area contributed by atoms with Crippen molar-refractivity contribution in [1.29, 1.82) is 0 Å². The Labute approximate surface area is 75.1 Å². The Morgan fingerprint density at radius 2 is 2.31 bits per heavy atom. The van der Waals surface area contributed by atoms with Gasteiger partial charge in [0.25, 0.3) is 0 Å². The number of aliphatic hydroxyl groups excluding tert-OH is 1. The van der Waals surface area contributed by atoms with Crippen molar-refractivity contribution in [3.8, 4) is 0 Å². The van der Waals surface area contributed by atoms with Gasteiger partial charge in [-0.1, -0.05) is 0 Å². The molecule has 1 rings (SSSR count). The summed E-state index contributed by atoms with van der Waals surface area (Å²) in [7, 11) is 0. The molecule has 74 valence electrons. The quantitative estimate of drug-likeness (QED) is 0.527. The van der Waals surface area contributed by atoms with Crippen LogP contribution in [0, 0.1) is 5.92 Å². The van der Waals surface area contributed by atoms with E-state index in [1.807, 2.05) is 0 Å². The van der Waals surface area contributed by atoms with E-state index in [9.17, 15) is 9.90 Å². The number of nitrogens with two attached hydrogens (primary N) is 1. The SMILES string of the molecule is CC1ON(N)C(O)=C1C(C)C(=O)O. The zero-order valence-corrected chi connectivity index (χ0v) is 7.39. The summed E-state index contributed by atoms with van der Waals surface area (Å²) in [6.45, 7) is 3.09. The Kier molecular flexibility index (Phi) is 2.44. The number of hydroxylamine groups is 1. The molecule has 1 aliphatic heterocycles. The fourth-order valence-corrected chi connectivity index (χ4v) is 1.26. The topological polar surface area (TPSA) is 96.0 Å². The largest absolute Gasteiger partial charge is 0.492 e. The number of hydrogen-bond donors (Lipinski definition) is 3. The molecule has 0 spiro atoms. The van der Waals surface area contributed by atoms with Crippen molar-refractivity contribution in [2.24, 2.45) is 11.8 Å². The lowest BCUT2D eigenvalue weighted by molar-refractivity contribution is -0.156. The van der Waals surface area contributed by atoms with Gasteiger partial charge in [-0.2, -0.15) is 5.17 Å². The molecule has 0 radical (unpaired) electrons. The first-order chi connectivity index (χ1) is 5.95. The number of hydrazine groups is 1. The molecule has 0 saturated heterocycles. The average Bonchev–Trinajstić information content (AvgIpc) is 2.26. The highest BCUT2D eigenvalue weighted by Gasteiger charge is 2.34. The molecule has 0 fully saturated rings. The zero-order chi connectivity index (χ0) is 10.2. The monoisotopic (exact) mass is 188 g/mol. The molecule has 13 heavy (non-hydrogen) atoms. The Hall–Kier alpha value is -1.27. The molecular formula is C7H12N2O4. The Morgan fingerprint density at radius 3 is 2.62 bits per heavy atom. The van der Waals surface area contributed by atoms with Crippen LogP contribution in [0.5, 0.6) is 0 Å². The predicted molar refractivity (Wildman–Crippen MR) is 43.0 cm³/mol. The number of carboxylic acid groups (broad SMARTS) is 1. The van der Waals surface area contributed by atoms with Crippen LogP contribution < -0.4 is 5.84 Å². The maximum Gasteiger partial charge on any atom is 0.310 e. The van der Waals surface area contributed by atoms with Crippen LogP contribution in [0.2, 0.25) is 0 Å². The van der Waals surface area contributed by atoms with Gasteiger partial charge in [-0.3, -0.25) is 4.79 Å². The molecule has 0 bridgehead atoms. The van der Waals surface area contributed by atoms with Gasteiger partial charge in [-0.15, -0.1) is 0 Å². The third kappa shape index (κ3) is 1.58. The lowest BCUT2D eigenvalue weighted by atomic mass is 9.98. The number of nitrogens with zero attached hydrogens (tertiary/aromatic N) is 1. The molecule has 4 N–H and O–H groups in total. The van der Waals surface area contributed by atoms with Crippen molar-refractivity contribution in [1.82, 2.24) is 5.17 Å². The van der Waals surface area contributed by atoms with Crippen LogP contribution in [0.4, 0.5) is 0 Å². The number of carbonyl (C=O) groups is 1. The summed E-state index contributed by atoms with van der Waals surface area (Å²) in [5.41, 5.74) is 0.287. The number of rotatable bonds is 2. The Bertz CT molecular complexity index is 263. The normalized spacial score (nSPS) is 25.2. The second-order valence-electron chi connectivity index (χ2n) is 2.91. The average molecular weight is 188 g/mol. The maximum absolute atomic E-state index is 10.6. The summed E-state index contributed by atoms with van der Waals surface area (Å²) in [5.74, 6) is 3.07. The second kappa shape index (κ2) is 3.23. The van der Waals surface area contributed by atoms with Gasteiger partial charge in [0.15, 0.2) is 0 Å². The minimum Gasteiger partial charge on any atom is -0.492 e. The second-order valence-corrected chi connectivity index (χ2v) is 2.91. The van der Waals surface area contributed by atoms with Gasteiger partial charge < -0.3 is 10.2 Å². The van der Waals surface area contributed by atoms with Crippen LogP contribution in [0.1, 0.15) is 13.8 Å². The molecule has 1 heterocycles. The highest BCUT2D eigenvalue weighted by atomic mass is 16.7. The van der Waals surface area contributed by atoms with Crippen molar-refractivity contribution >= 4 is 5.97 Å². The summed E-state index contributed by atoms with van der Waals surface area (Å²) in [6, 6.07) is 0. The van der Waals surface area contributed by atoms with E-state index >= 15 is 0 Å². The minimum absolute atomic E-state index is 0.287. The van der Waals surface area contributed by atoms with Crippen molar-refractivity contribution in [3.63, 3.8) is 0 Å². The van der Waals surface area contributed by atoms with Crippen LogP contribution in [-0.4, -0.2) is 27.5 Å². The molecule has 0 amide bonds. The van der Waals surface area contributed by atoms with E-state index in [0.717, 1.165) is 0 Å². The lowest BCUT2D eigenvalue weighted by Gasteiger charge is -2.10. The van der Waals surface area contributed by atoms with E-state index < -0.39 is 18.0 Å². The lowest BCUT2D eigenvalue weighted by Crippen LogP contribution is -2.27. The first kappa shape index (κ1) is 9.82. The summed E-state index contributed by atoms with van der Waals surface area (Å²) < 4.78 is 0. The minimum atomic E-state index is -1.02. The standard InChI is InChI=1S/C7H12N2O4/c1-3(7(11)12)5-4(2)13-9(8)6(5)10/h3-4,10H,8H2,1-2H3,(H,11,12). The van der Waals surface area contributed by atoms with Crippen LogP contribution in [0.25, 0.3) is 0 Å². The van der Waals surface area contributed by atoms with Crippen molar-refractivity contribution in [2.45, 2.75) is 20.0 Å².